The molecule has 5 nitrogen and oxygen atoms in total. The number of hydrogen-bond acceptors (Lipinski definition) is 4. The second kappa shape index (κ2) is 7.96. The van der Waals surface area contributed by atoms with Gasteiger partial charge in [0.05, 0.1) is 0 Å². The van der Waals surface area contributed by atoms with E-state index in [1.54, 1.807) is 24.3 Å². The van der Waals surface area contributed by atoms with Crippen LogP contribution in [-0.4, -0.2) is 15.9 Å². The van der Waals surface area contributed by atoms with Crippen LogP contribution in [0.25, 0.3) is 0 Å². The second-order valence-corrected chi connectivity index (χ2v) is 6.09. The van der Waals surface area contributed by atoms with E-state index in [1.807, 2.05) is 30.3 Å². The number of benzene rings is 2. The summed E-state index contributed by atoms with van der Waals surface area (Å²) in [5.41, 5.74) is 1.91. The fourth-order valence-corrected chi connectivity index (χ4v) is 2.70. The molecule has 3 rings (SSSR count). The van der Waals surface area contributed by atoms with E-state index < -0.39 is 0 Å². The summed E-state index contributed by atoms with van der Waals surface area (Å²) in [6.45, 7) is 0.427. The van der Waals surface area contributed by atoms with Gasteiger partial charge >= 0.3 is 0 Å². The summed E-state index contributed by atoms with van der Waals surface area (Å²) >= 11 is 11.9. The molecule has 0 aliphatic rings. The maximum absolute atomic E-state index is 12.3. The summed E-state index contributed by atoms with van der Waals surface area (Å²) in [5, 5.41) is 6.79. The average molecular weight is 373 g/mol. The summed E-state index contributed by atoms with van der Waals surface area (Å²) in [6, 6.07) is 16.2. The van der Waals surface area contributed by atoms with Crippen molar-refractivity contribution in [2.45, 2.75) is 6.54 Å². The van der Waals surface area contributed by atoms with Crippen LogP contribution >= 0.6 is 23.2 Å². The van der Waals surface area contributed by atoms with Crippen LogP contribution in [0, 0.1) is 0 Å². The molecule has 1 aromatic heterocycles. The minimum atomic E-state index is -0.279. The van der Waals surface area contributed by atoms with Gasteiger partial charge in [-0.25, -0.2) is 9.97 Å². The van der Waals surface area contributed by atoms with Crippen molar-refractivity contribution in [2.24, 2.45) is 0 Å². The first-order chi connectivity index (χ1) is 12.1. The molecule has 0 unspecified atom stereocenters. The van der Waals surface area contributed by atoms with Gasteiger partial charge in [-0.15, -0.1) is 0 Å². The first kappa shape index (κ1) is 17.2. The van der Waals surface area contributed by atoms with Crippen molar-refractivity contribution in [1.82, 2.24) is 15.3 Å². The van der Waals surface area contributed by atoms with E-state index in [2.05, 4.69) is 20.6 Å². The quantitative estimate of drug-likeness (QED) is 0.693. The van der Waals surface area contributed by atoms with Crippen LogP contribution in [0.4, 0.5) is 11.6 Å². The number of halogens is 2. The molecule has 1 amide bonds. The van der Waals surface area contributed by atoms with Gasteiger partial charge in [0.15, 0.2) is 0 Å². The fraction of sp³-hybridized carbons (Fsp3) is 0.0556. The van der Waals surface area contributed by atoms with E-state index in [0.717, 1.165) is 5.56 Å². The fourth-order valence-electron chi connectivity index (χ4n) is 2.17. The van der Waals surface area contributed by atoms with Crippen LogP contribution < -0.4 is 10.6 Å². The Morgan fingerprint density at radius 1 is 1.00 bits per heavy atom. The van der Waals surface area contributed by atoms with E-state index >= 15 is 0 Å². The molecule has 0 aliphatic heterocycles. The summed E-state index contributed by atoms with van der Waals surface area (Å²) in [5.74, 6) is 0.00382. The van der Waals surface area contributed by atoms with Gasteiger partial charge in [-0.05, 0) is 29.8 Å². The molecule has 0 fully saturated rings. The van der Waals surface area contributed by atoms with Crippen molar-refractivity contribution < 1.29 is 4.79 Å². The zero-order chi connectivity index (χ0) is 17.6. The molecule has 126 valence electrons. The molecule has 1 heterocycles. The molecule has 0 saturated carbocycles. The molecule has 0 atom stereocenters. The highest BCUT2D eigenvalue weighted by Gasteiger charge is 2.09. The zero-order valence-electron chi connectivity index (χ0n) is 13.0. The Kier molecular flexibility index (Phi) is 5.48. The molecule has 2 N–H and O–H groups in total. The van der Waals surface area contributed by atoms with Gasteiger partial charge in [0.25, 0.3) is 5.91 Å². The topological polar surface area (TPSA) is 66.9 Å². The van der Waals surface area contributed by atoms with E-state index in [-0.39, 0.29) is 17.5 Å². The van der Waals surface area contributed by atoms with Crippen molar-refractivity contribution in [1.29, 1.82) is 0 Å². The number of nitrogens with one attached hydrogen (secondary N) is 2. The maximum atomic E-state index is 12.3. The number of rotatable bonds is 5. The second-order valence-electron chi connectivity index (χ2n) is 5.22. The first-order valence-corrected chi connectivity index (χ1v) is 8.24. The first-order valence-electron chi connectivity index (χ1n) is 7.48. The van der Waals surface area contributed by atoms with Gasteiger partial charge in [0.2, 0.25) is 5.95 Å². The van der Waals surface area contributed by atoms with Gasteiger partial charge < -0.3 is 10.6 Å². The molecule has 0 spiro atoms. The maximum Gasteiger partial charge on any atom is 0.270 e. The highest BCUT2D eigenvalue weighted by Crippen LogP contribution is 2.24. The molecule has 3 aromatic rings. The van der Waals surface area contributed by atoms with Gasteiger partial charge in [-0.1, -0.05) is 53.5 Å². The van der Waals surface area contributed by atoms with E-state index in [9.17, 15) is 4.79 Å². The van der Waals surface area contributed by atoms with Gasteiger partial charge in [0.1, 0.15) is 5.69 Å². The molecular weight excluding hydrogens is 359 g/mol. The Morgan fingerprint density at radius 2 is 1.72 bits per heavy atom. The van der Waals surface area contributed by atoms with Gasteiger partial charge in [-0.2, -0.15) is 0 Å². The summed E-state index contributed by atoms with van der Waals surface area (Å²) in [4.78, 5) is 20.6. The van der Waals surface area contributed by atoms with Crippen molar-refractivity contribution >= 4 is 40.7 Å². The Bertz CT molecular complexity index is 867. The van der Waals surface area contributed by atoms with Crippen molar-refractivity contribution in [3.63, 3.8) is 0 Å². The molecule has 0 radical (unpaired) electrons. The SMILES string of the molecule is O=C(NCc1ccccc1)c1ccnc(Nc2cc(Cl)cc(Cl)c2)n1. The molecule has 0 aliphatic carbocycles. The molecule has 2 aromatic carbocycles. The smallest absolute Gasteiger partial charge is 0.270 e. The number of carbonyl (C=O) groups excluding carboxylic acids is 1. The lowest BCUT2D eigenvalue weighted by molar-refractivity contribution is 0.0946. The van der Waals surface area contributed by atoms with Crippen LogP contribution in [0.1, 0.15) is 16.1 Å². The van der Waals surface area contributed by atoms with Crippen LogP contribution in [0.3, 0.4) is 0 Å². The molecule has 7 heteroatoms. The van der Waals surface area contributed by atoms with E-state index in [0.29, 0.717) is 22.3 Å². The number of anilines is 2. The van der Waals surface area contributed by atoms with Crippen LogP contribution in [0.5, 0.6) is 0 Å². The number of hydrogen-bond donors (Lipinski definition) is 2. The standard InChI is InChI=1S/C18H14Cl2N4O/c19-13-8-14(20)10-15(9-13)23-18-21-7-6-16(24-18)17(25)22-11-12-4-2-1-3-5-12/h1-10H,11H2,(H,22,25)(H,21,23,24). The Labute approximate surface area is 155 Å². The monoisotopic (exact) mass is 372 g/mol. The van der Waals surface area contributed by atoms with Gasteiger partial charge in [-0.3, -0.25) is 4.79 Å². The Morgan fingerprint density at radius 3 is 2.44 bits per heavy atom. The van der Waals surface area contributed by atoms with Crippen molar-refractivity contribution in [2.75, 3.05) is 5.32 Å². The minimum absolute atomic E-state index is 0.265. The van der Waals surface area contributed by atoms with Crippen molar-refractivity contribution in [3.8, 4) is 0 Å². The van der Waals surface area contributed by atoms with E-state index in [4.69, 9.17) is 23.2 Å². The third-order valence-corrected chi connectivity index (χ3v) is 3.74. The van der Waals surface area contributed by atoms with Crippen molar-refractivity contribution in [3.05, 3.63) is 82.1 Å². The van der Waals surface area contributed by atoms with Gasteiger partial charge in [0, 0.05) is 28.5 Å². The molecule has 0 saturated heterocycles. The summed E-state index contributed by atoms with van der Waals surface area (Å²) in [7, 11) is 0. The van der Waals surface area contributed by atoms with Crippen LogP contribution in [0.15, 0.2) is 60.8 Å². The van der Waals surface area contributed by atoms with Crippen LogP contribution in [-0.2, 0) is 6.54 Å². The number of aromatic nitrogens is 2. The molecular formula is C18H14Cl2N4O. The predicted molar refractivity (Wildman–Crippen MR) is 99.4 cm³/mol. The third-order valence-electron chi connectivity index (χ3n) is 3.30. The lowest BCUT2D eigenvalue weighted by Gasteiger charge is -2.08. The number of amides is 1. The number of carbonyl (C=O) groups is 1. The highest BCUT2D eigenvalue weighted by molar-refractivity contribution is 6.35. The molecule has 0 bridgehead atoms. The zero-order valence-corrected chi connectivity index (χ0v) is 14.6. The predicted octanol–water partition coefficient (Wildman–Crippen LogP) is 4.46. The lowest BCUT2D eigenvalue weighted by Crippen LogP contribution is -2.24. The van der Waals surface area contributed by atoms with E-state index in [1.165, 1.54) is 6.20 Å². The third kappa shape index (κ3) is 4.92. The lowest BCUT2D eigenvalue weighted by atomic mass is 10.2. The normalized spacial score (nSPS) is 10.3. The number of nitrogens with zero attached hydrogens (tertiary/aromatic N) is 2. The largest absolute Gasteiger partial charge is 0.347 e. The van der Waals surface area contributed by atoms with Crippen LogP contribution in [0.2, 0.25) is 10.0 Å². The minimum Gasteiger partial charge on any atom is -0.347 e. The highest BCUT2D eigenvalue weighted by atomic mass is 35.5. The Hall–Kier alpha value is -2.63. The Balaban J connectivity index is 1.69. The average Bonchev–Trinajstić information content (AvgIpc) is 2.60. The summed E-state index contributed by atoms with van der Waals surface area (Å²) < 4.78 is 0. The molecule has 25 heavy (non-hydrogen) atoms. The summed E-state index contributed by atoms with van der Waals surface area (Å²) in [6.07, 6.45) is 1.51.